The first-order valence-electron chi connectivity index (χ1n) is 10.4. The molecule has 0 bridgehead atoms. The molecule has 1 saturated heterocycles. The number of likely N-dealkylation sites (N-methyl/N-ethyl adjacent to an activating group) is 1. The molecule has 2 aromatic heterocycles. The number of nitrogens with zero attached hydrogens (tertiary/aromatic N) is 4. The highest BCUT2D eigenvalue weighted by Crippen LogP contribution is 2.31. The standard InChI is InChI=1S/C19H31N7O6/c1-4-30-11(2)24-31-8-6-5-7-25(3)9-12-14(27)15(28)18(32-12)26-17-13(23-19(26)29)16(20)21-10-22-17/h10,12,14-15,18,24,27-28H,2,4-9H2,1,3H3,(H,23,29)(H2,20,21,22)/t12-,14?,15?,18-/m1/s1. The average molecular weight is 454 g/mol. The van der Waals surface area contributed by atoms with Crippen LogP contribution in [-0.2, 0) is 14.3 Å². The van der Waals surface area contributed by atoms with Gasteiger partial charge in [0.25, 0.3) is 0 Å². The Bertz CT molecular complexity index is 963. The number of fused-ring (bicyclic) bond motifs is 1. The van der Waals surface area contributed by atoms with Crippen molar-refractivity contribution in [3.8, 4) is 0 Å². The number of hydrogen-bond donors (Lipinski definition) is 5. The molecule has 178 valence electrons. The van der Waals surface area contributed by atoms with Gasteiger partial charge in [-0.2, -0.15) is 0 Å². The summed E-state index contributed by atoms with van der Waals surface area (Å²) in [5, 5.41) is 21.0. The first-order valence-corrected chi connectivity index (χ1v) is 10.4. The largest absolute Gasteiger partial charge is 0.478 e. The van der Waals surface area contributed by atoms with Crippen molar-refractivity contribution in [2.75, 3.05) is 39.1 Å². The summed E-state index contributed by atoms with van der Waals surface area (Å²) >= 11 is 0. The SMILES string of the molecule is C=C(NOCCCCN(C)C[C@H]1O[C@@H](n2c(=O)[nH]c3c(N)ncnc32)C(O)C1O)OCC. The molecule has 2 aromatic rings. The highest BCUT2D eigenvalue weighted by Gasteiger charge is 2.45. The lowest BCUT2D eigenvalue weighted by Crippen LogP contribution is -2.39. The Morgan fingerprint density at radius 1 is 1.41 bits per heavy atom. The Morgan fingerprint density at radius 3 is 2.94 bits per heavy atom. The van der Waals surface area contributed by atoms with Gasteiger partial charge in [0.05, 0.1) is 13.2 Å². The highest BCUT2D eigenvalue weighted by atomic mass is 16.7. The van der Waals surface area contributed by atoms with Gasteiger partial charge in [-0.15, -0.1) is 0 Å². The van der Waals surface area contributed by atoms with E-state index in [2.05, 4.69) is 27.0 Å². The van der Waals surface area contributed by atoms with Crippen molar-refractivity contribution in [3.05, 3.63) is 29.3 Å². The first-order chi connectivity index (χ1) is 15.3. The summed E-state index contributed by atoms with van der Waals surface area (Å²) in [6.45, 7) is 7.60. The number of nitrogen functional groups attached to an aromatic ring is 1. The number of aliphatic hydroxyl groups is 2. The lowest BCUT2D eigenvalue weighted by Gasteiger charge is -2.22. The Balaban J connectivity index is 1.51. The van der Waals surface area contributed by atoms with Gasteiger partial charge in [-0.25, -0.2) is 24.8 Å². The maximum absolute atomic E-state index is 12.4. The van der Waals surface area contributed by atoms with Crippen molar-refractivity contribution in [1.82, 2.24) is 29.9 Å². The number of ether oxygens (including phenoxy) is 2. The fourth-order valence-electron chi connectivity index (χ4n) is 3.57. The van der Waals surface area contributed by atoms with E-state index >= 15 is 0 Å². The van der Waals surface area contributed by atoms with Crippen LogP contribution in [0.5, 0.6) is 0 Å². The number of aromatic nitrogens is 4. The molecule has 2 unspecified atom stereocenters. The number of hydrogen-bond acceptors (Lipinski definition) is 11. The third-order valence-corrected chi connectivity index (χ3v) is 5.16. The van der Waals surface area contributed by atoms with Gasteiger partial charge in [0.2, 0.25) is 5.88 Å². The minimum atomic E-state index is -1.31. The highest BCUT2D eigenvalue weighted by molar-refractivity contribution is 5.81. The predicted molar refractivity (Wildman–Crippen MR) is 115 cm³/mol. The number of H-pyrrole nitrogens is 1. The van der Waals surface area contributed by atoms with Crippen LogP contribution in [0.25, 0.3) is 11.2 Å². The van der Waals surface area contributed by atoms with E-state index in [-0.39, 0.29) is 17.0 Å². The van der Waals surface area contributed by atoms with Crippen molar-refractivity contribution in [2.24, 2.45) is 0 Å². The third-order valence-electron chi connectivity index (χ3n) is 5.16. The smallest absolute Gasteiger partial charge is 0.330 e. The Hall–Kier alpha value is -2.71. The van der Waals surface area contributed by atoms with Gasteiger partial charge in [0.1, 0.15) is 30.2 Å². The molecule has 0 aromatic carbocycles. The van der Waals surface area contributed by atoms with Crippen LogP contribution < -0.4 is 16.9 Å². The Morgan fingerprint density at radius 2 is 2.19 bits per heavy atom. The van der Waals surface area contributed by atoms with Crippen LogP contribution in [-0.4, -0.2) is 86.3 Å². The fourth-order valence-corrected chi connectivity index (χ4v) is 3.57. The molecule has 13 nitrogen and oxygen atoms in total. The zero-order valence-electron chi connectivity index (χ0n) is 18.2. The molecule has 0 saturated carbocycles. The van der Waals surface area contributed by atoms with E-state index in [0.717, 1.165) is 24.0 Å². The molecule has 4 atom stereocenters. The number of nitrogens with one attached hydrogen (secondary N) is 2. The van der Waals surface area contributed by atoms with Crippen molar-refractivity contribution < 1.29 is 24.5 Å². The number of aliphatic hydroxyl groups excluding tert-OH is 2. The summed E-state index contributed by atoms with van der Waals surface area (Å²) in [5.41, 5.74) is 8.30. The van der Waals surface area contributed by atoms with Gasteiger partial charge in [0.15, 0.2) is 17.7 Å². The van der Waals surface area contributed by atoms with Crippen molar-refractivity contribution >= 4 is 17.0 Å². The zero-order chi connectivity index (χ0) is 23.3. The van der Waals surface area contributed by atoms with Crippen LogP contribution in [0.4, 0.5) is 5.82 Å². The Kier molecular flexibility index (Phi) is 8.04. The van der Waals surface area contributed by atoms with E-state index in [1.54, 1.807) is 0 Å². The van der Waals surface area contributed by atoms with E-state index in [4.69, 9.17) is 20.0 Å². The third kappa shape index (κ3) is 5.37. The lowest BCUT2D eigenvalue weighted by atomic mass is 10.1. The zero-order valence-corrected chi connectivity index (χ0v) is 18.2. The molecule has 0 aliphatic carbocycles. The molecule has 1 fully saturated rings. The second kappa shape index (κ2) is 10.7. The molecule has 1 aliphatic heterocycles. The van der Waals surface area contributed by atoms with Crippen LogP contribution >= 0.6 is 0 Å². The van der Waals surface area contributed by atoms with E-state index in [0.29, 0.717) is 25.6 Å². The van der Waals surface area contributed by atoms with Gasteiger partial charge in [0, 0.05) is 6.54 Å². The quantitative estimate of drug-likeness (QED) is 0.152. The number of hydroxylamine groups is 1. The summed E-state index contributed by atoms with van der Waals surface area (Å²) in [4.78, 5) is 30.1. The molecule has 1 aliphatic rings. The topological polar surface area (TPSA) is 173 Å². The number of nitrogens with two attached hydrogens (primary N) is 1. The normalized spacial score (nSPS) is 23.2. The average Bonchev–Trinajstić information content (AvgIpc) is 3.22. The molecule has 0 amide bonds. The molecule has 3 heterocycles. The number of anilines is 1. The van der Waals surface area contributed by atoms with Gasteiger partial charge >= 0.3 is 5.69 Å². The van der Waals surface area contributed by atoms with Crippen LogP contribution in [0.1, 0.15) is 26.0 Å². The molecule has 3 rings (SSSR count). The molecule has 13 heteroatoms. The van der Waals surface area contributed by atoms with E-state index in [9.17, 15) is 15.0 Å². The van der Waals surface area contributed by atoms with Crippen LogP contribution in [0.15, 0.2) is 23.6 Å². The van der Waals surface area contributed by atoms with E-state index in [1.807, 2.05) is 18.9 Å². The van der Waals surface area contributed by atoms with Crippen LogP contribution in [0.2, 0.25) is 0 Å². The van der Waals surface area contributed by atoms with Gasteiger partial charge in [-0.1, -0.05) is 0 Å². The number of rotatable bonds is 12. The Labute approximate surface area is 184 Å². The second-order valence-corrected chi connectivity index (χ2v) is 7.58. The summed E-state index contributed by atoms with van der Waals surface area (Å²) in [7, 11) is 1.89. The molecule has 0 radical (unpaired) electrons. The summed E-state index contributed by atoms with van der Waals surface area (Å²) in [5.74, 6) is 0.477. The summed E-state index contributed by atoms with van der Waals surface area (Å²) in [6, 6.07) is 0. The minimum Gasteiger partial charge on any atom is -0.478 e. The van der Waals surface area contributed by atoms with Crippen molar-refractivity contribution in [2.45, 2.75) is 44.3 Å². The molecule has 6 N–H and O–H groups in total. The van der Waals surface area contributed by atoms with Gasteiger partial charge < -0.3 is 35.3 Å². The monoisotopic (exact) mass is 453 g/mol. The lowest BCUT2D eigenvalue weighted by molar-refractivity contribution is -0.0440. The fraction of sp³-hybridized carbons (Fsp3) is 0.632. The number of aromatic amines is 1. The summed E-state index contributed by atoms with van der Waals surface area (Å²) in [6.07, 6.45) is -1.42. The van der Waals surface area contributed by atoms with Crippen LogP contribution in [0, 0.1) is 0 Å². The first kappa shape index (κ1) is 23.9. The van der Waals surface area contributed by atoms with E-state index < -0.39 is 30.2 Å². The van der Waals surface area contributed by atoms with Crippen molar-refractivity contribution in [3.63, 3.8) is 0 Å². The van der Waals surface area contributed by atoms with Gasteiger partial charge in [-0.3, -0.25) is 4.84 Å². The second-order valence-electron chi connectivity index (χ2n) is 7.58. The maximum Gasteiger partial charge on any atom is 0.330 e. The van der Waals surface area contributed by atoms with Gasteiger partial charge in [-0.05, 0) is 39.9 Å². The minimum absolute atomic E-state index is 0.108. The van der Waals surface area contributed by atoms with Crippen molar-refractivity contribution in [1.29, 1.82) is 0 Å². The molecule has 0 spiro atoms. The molecule has 32 heavy (non-hydrogen) atoms. The number of unbranched alkanes of at least 4 members (excludes halogenated alkanes) is 1. The van der Waals surface area contributed by atoms with Crippen LogP contribution in [0.3, 0.4) is 0 Å². The molecular weight excluding hydrogens is 422 g/mol. The maximum atomic E-state index is 12.4. The van der Waals surface area contributed by atoms with E-state index in [1.165, 1.54) is 6.33 Å². The summed E-state index contributed by atoms with van der Waals surface area (Å²) < 4.78 is 12.1. The number of imidazole rings is 1. The molecular formula is C19H31N7O6. The predicted octanol–water partition coefficient (Wildman–Crippen LogP) is -0.938.